The summed E-state index contributed by atoms with van der Waals surface area (Å²) in [7, 11) is 0. The van der Waals surface area contributed by atoms with E-state index in [4.69, 9.17) is 12.2 Å². The van der Waals surface area contributed by atoms with Gasteiger partial charge >= 0.3 is 0 Å². The first-order valence-corrected chi connectivity index (χ1v) is 8.72. The number of thiophene rings is 1. The third kappa shape index (κ3) is 2.99. The molecule has 3 rings (SSSR count). The highest BCUT2D eigenvalue weighted by Crippen LogP contribution is 2.52. The van der Waals surface area contributed by atoms with E-state index in [0.29, 0.717) is 26.9 Å². The molecule has 3 nitrogen and oxygen atoms in total. The maximum absolute atomic E-state index is 12.2. The summed E-state index contributed by atoms with van der Waals surface area (Å²) in [5, 5.41) is 5.41. The molecule has 1 aliphatic carbocycles. The van der Waals surface area contributed by atoms with Crippen LogP contribution in [0.3, 0.4) is 0 Å². The highest BCUT2D eigenvalue weighted by atomic mass is 32.1. The van der Waals surface area contributed by atoms with Gasteiger partial charge in [0.25, 0.3) is 5.91 Å². The lowest BCUT2D eigenvalue weighted by Crippen LogP contribution is -2.45. The fraction of sp³-hybridized carbons (Fsp3) is 0.625. The van der Waals surface area contributed by atoms with E-state index in [1.165, 1.54) is 24.2 Å². The molecule has 5 heteroatoms. The van der Waals surface area contributed by atoms with Crippen molar-refractivity contribution in [3.8, 4) is 0 Å². The minimum absolute atomic E-state index is 0.0825. The van der Waals surface area contributed by atoms with E-state index in [-0.39, 0.29) is 5.91 Å². The van der Waals surface area contributed by atoms with Crippen LogP contribution in [0.25, 0.3) is 0 Å². The zero-order chi connectivity index (χ0) is 15.3. The minimum Gasteiger partial charge on any atom is -0.345 e. The van der Waals surface area contributed by atoms with Crippen molar-refractivity contribution in [3.63, 3.8) is 0 Å². The first kappa shape index (κ1) is 15.0. The summed E-state index contributed by atoms with van der Waals surface area (Å²) in [5.41, 5.74) is 0.684. The number of hydrogen-bond donors (Lipinski definition) is 1. The van der Waals surface area contributed by atoms with Gasteiger partial charge in [-0.2, -0.15) is 0 Å². The molecule has 2 aliphatic rings. The standard InChI is InChI=1S/C16H22N2OS2/c1-15(2)7-11-8-16(3,9-15)10-18(11)14(20)17-13(19)12-5-4-6-21-12/h4-6,11H,7-10H2,1-3H3,(H,17,19,20)/t11-,16-/m1/s1. The fourth-order valence-electron chi connectivity index (χ4n) is 4.34. The van der Waals surface area contributed by atoms with Gasteiger partial charge in [0.2, 0.25) is 0 Å². The molecule has 1 saturated carbocycles. The van der Waals surface area contributed by atoms with Crippen molar-refractivity contribution in [2.24, 2.45) is 10.8 Å². The first-order valence-electron chi connectivity index (χ1n) is 7.44. The molecule has 0 unspecified atom stereocenters. The van der Waals surface area contributed by atoms with Gasteiger partial charge in [-0.15, -0.1) is 11.3 Å². The van der Waals surface area contributed by atoms with Crippen LogP contribution in [-0.2, 0) is 0 Å². The lowest BCUT2D eigenvalue weighted by atomic mass is 9.65. The second kappa shape index (κ2) is 5.06. The summed E-state index contributed by atoms with van der Waals surface area (Å²) < 4.78 is 0. The fourth-order valence-corrected chi connectivity index (χ4v) is 5.26. The van der Waals surface area contributed by atoms with Crippen molar-refractivity contribution in [1.29, 1.82) is 0 Å². The third-order valence-electron chi connectivity index (χ3n) is 4.64. The lowest BCUT2D eigenvalue weighted by Gasteiger charge is -2.39. The molecule has 0 aromatic carbocycles. The quantitative estimate of drug-likeness (QED) is 0.801. The van der Waals surface area contributed by atoms with Crippen LogP contribution in [0.15, 0.2) is 17.5 Å². The normalized spacial score (nSPS) is 30.2. The van der Waals surface area contributed by atoms with E-state index >= 15 is 0 Å². The number of nitrogens with zero attached hydrogens (tertiary/aromatic N) is 1. The Morgan fingerprint density at radius 3 is 2.86 bits per heavy atom. The number of thiocarbonyl (C=S) groups is 1. The van der Waals surface area contributed by atoms with Gasteiger partial charge in [0.15, 0.2) is 5.11 Å². The van der Waals surface area contributed by atoms with Gasteiger partial charge in [-0.3, -0.25) is 10.1 Å². The number of likely N-dealkylation sites (tertiary alicyclic amines) is 1. The van der Waals surface area contributed by atoms with Crippen LogP contribution in [0.5, 0.6) is 0 Å². The third-order valence-corrected chi connectivity index (χ3v) is 5.85. The number of hydrogen-bond acceptors (Lipinski definition) is 3. The molecule has 2 bridgehead atoms. The summed E-state index contributed by atoms with van der Waals surface area (Å²) in [6, 6.07) is 4.18. The number of carbonyl (C=O) groups is 1. The average Bonchev–Trinajstić information content (AvgIpc) is 2.93. The molecular formula is C16H22N2OS2. The van der Waals surface area contributed by atoms with Crippen molar-refractivity contribution in [3.05, 3.63) is 22.4 Å². The van der Waals surface area contributed by atoms with Crippen molar-refractivity contribution < 1.29 is 4.79 Å². The Labute approximate surface area is 135 Å². The highest BCUT2D eigenvalue weighted by molar-refractivity contribution is 7.80. The van der Waals surface area contributed by atoms with Crippen LogP contribution in [0.2, 0.25) is 0 Å². The van der Waals surface area contributed by atoms with Crippen molar-refractivity contribution in [2.75, 3.05) is 6.54 Å². The topological polar surface area (TPSA) is 32.3 Å². The van der Waals surface area contributed by atoms with Crippen molar-refractivity contribution in [1.82, 2.24) is 10.2 Å². The molecule has 1 N–H and O–H groups in total. The molecule has 2 atom stereocenters. The van der Waals surface area contributed by atoms with Crippen molar-refractivity contribution >= 4 is 34.6 Å². The second-order valence-corrected chi connectivity index (χ2v) is 8.91. The molecule has 1 aliphatic heterocycles. The molecule has 114 valence electrons. The molecule has 0 radical (unpaired) electrons. The van der Waals surface area contributed by atoms with Crippen molar-refractivity contribution in [2.45, 2.75) is 46.1 Å². The Balaban J connectivity index is 1.70. The van der Waals surface area contributed by atoms with Gasteiger partial charge in [0.1, 0.15) is 0 Å². The Morgan fingerprint density at radius 2 is 2.19 bits per heavy atom. The van der Waals surface area contributed by atoms with Gasteiger partial charge in [-0.05, 0) is 53.8 Å². The maximum atomic E-state index is 12.2. The van der Waals surface area contributed by atoms with E-state index in [2.05, 4.69) is 31.0 Å². The molecule has 1 amide bonds. The van der Waals surface area contributed by atoms with Crippen LogP contribution >= 0.6 is 23.6 Å². The number of nitrogens with one attached hydrogen (secondary N) is 1. The average molecular weight is 322 g/mol. The Kier molecular flexibility index (Phi) is 3.61. The van der Waals surface area contributed by atoms with Gasteiger partial charge < -0.3 is 4.90 Å². The van der Waals surface area contributed by atoms with Gasteiger partial charge in [0.05, 0.1) is 4.88 Å². The zero-order valence-corrected chi connectivity index (χ0v) is 14.4. The number of fused-ring (bicyclic) bond motifs is 2. The first-order chi connectivity index (χ1) is 9.78. The summed E-state index contributed by atoms with van der Waals surface area (Å²) >= 11 is 6.96. The van der Waals surface area contributed by atoms with Crippen LogP contribution in [-0.4, -0.2) is 28.5 Å². The van der Waals surface area contributed by atoms with Crippen LogP contribution in [0.4, 0.5) is 0 Å². The van der Waals surface area contributed by atoms with E-state index in [9.17, 15) is 4.79 Å². The highest BCUT2D eigenvalue weighted by Gasteiger charge is 2.50. The number of amides is 1. The van der Waals surface area contributed by atoms with Crippen LogP contribution in [0.1, 0.15) is 49.7 Å². The number of carbonyl (C=O) groups excluding carboxylic acids is 1. The molecule has 2 heterocycles. The number of rotatable bonds is 1. The molecule has 1 aromatic heterocycles. The predicted octanol–water partition coefficient (Wildman–Crippen LogP) is 3.66. The predicted molar refractivity (Wildman–Crippen MR) is 90.6 cm³/mol. The minimum atomic E-state index is -0.0825. The molecule has 1 saturated heterocycles. The molecular weight excluding hydrogens is 300 g/mol. The van der Waals surface area contributed by atoms with E-state index in [0.717, 1.165) is 13.0 Å². The summed E-state index contributed by atoms with van der Waals surface area (Å²) in [4.78, 5) is 15.1. The zero-order valence-electron chi connectivity index (χ0n) is 12.8. The summed E-state index contributed by atoms with van der Waals surface area (Å²) in [6.07, 6.45) is 3.57. The molecule has 2 fully saturated rings. The Hall–Kier alpha value is -0.940. The molecule has 0 spiro atoms. The molecule has 21 heavy (non-hydrogen) atoms. The second-order valence-electron chi connectivity index (χ2n) is 7.58. The maximum Gasteiger partial charge on any atom is 0.267 e. The largest absolute Gasteiger partial charge is 0.345 e. The summed E-state index contributed by atoms with van der Waals surface area (Å²) in [6.45, 7) is 8.00. The van der Waals surface area contributed by atoms with Gasteiger partial charge in [-0.1, -0.05) is 26.8 Å². The van der Waals surface area contributed by atoms with Gasteiger partial charge in [-0.25, -0.2) is 0 Å². The SMILES string of the molecule is CC1(C)C[C@@H]2C[C@@](C)(CN2C(=S)NC(=O)c2cccs2)C1. The van der Waals surface area contributed by atoms with E-state index in [1.54, 1.807) is 0 Å². The van der Waals surface area contributed by atoms with Crippen LogP contribution in [0, 0.1) is 10.8 Å². The monoisotopic (exact) mass is 322 g/mol. The van der Waals surface area contributed by atoms with E-state index < -0.39 is 0 Å². The van der Waals surface area contributed by atoms with E-state index in [1.807, 2.05) is 17.5 Å². The Bertz CT molecular complexity index is 567. The van der Waals surface area contributed by atoms with Gasteiger partial charge in [0, 0.05) is 12.6 Å². The summed E-state index contributed by atoms with van der Waals surface area (Å²) in [5.74, 6) is -0.0825. The Morgan fingerprint density at radius 1 is 1.43 bits per heavy atom. The molecule has 1 aromatic rings. The lowest BCUT2D eigenvalue weighted by molar-refractivity contribution is 0.0976. The van der Waals surface area contributed by atoms with Crippen LogP contribution < -0.4 is 5.32 Å². The smallest absolute Gasteiger partial charge is 0.267 e.